The van der Waals surface area contributed by atoms with E-state index in [9.17, 15) is 0 Å². The number of fused-ring (bicyclic) bond motifs is 2. The van der Waals surface area contributed by atoms with Crippen molar-refractivity contribution in [3.05, 3.63) is 36.2 Å². The number of hydrogen-bond donors (Lipinski definition) is 0. The third-order valence-electron chi connectivity index (χ3n) is 3.29. The summed E-state index contributed by atoms with van der Waals surface area (Å²) in [7, 11) is 0. The third kappa shape index (κ3) is 1.11. The van der Waals surface area contributed by atoms with Gasteiger partial charge in [-0.25, -0.2) is 0 Å². The van der Waals surface area contributed by atoms with E-state index in [-0.39, 0.29) is 0 Å². The zero-order valence-corrected chi connectivity index (χ0v) is 7.61. The molecular formula is C12H13N. The Morgan fingerprint density at radius 1 is 1.23 bits per heavy atom. The minimum absolute atomic E-state index is 0.819. The Bertz CT molecular complexity index is 339. The molecule has 1 aromatic rings. The molecule has 0 radical (unpaired) electrons. The highest BCUT2D eigenvalue weighted by Crippen LogP contribution is 2.47. The first-order valence-electron chi connectivity index (χ1n) is 5.06. The average Bonchev–Trinajstić information content (AvgIpc) is 2.80. The highest BCUT2D eigenvalue weighted by Gasteiger charge is 2.33. The lowest BCUT2D eigenvalue weighted by atomic mass is 9.95. The van der Waals surface area contributed by atoms with Crippen LogP contribution in [0.5, 0.6) is 0 Å². The zero-order chi connectivity index (χ0) is 8.67. The molecule has 1 saturated carbocycles. The van der Waals surface area contributed by atoms with Gasteiger partial charge in [-0.1, -0.05) is 12.1 Å². The van der Waals surface area contributed by atoms with E-state index in [2.05, 4.69) is 23.2 Å². The van der Waals surface area contributed by atoms with Gasteiger partial charge in [0, 0.05) is 6.20 Å². The molecule has 2 aliphatic carbocycles. The lowest BCUT2D eigenvalue weighted by molar-refractivity contribution is 0.694. The van der Waals surface area contributed by atoms with Gasteiger partial charge in [-0.2, -0.15) is 0 Å². The molecule has 2 aliphatic rings. The fraction of sp³-hybridized carbons (Fsp3) is 0.417. The highest BCUT2D eigenvalue weighted by atomic mass is 14.7. The molecule has 2 atom stereocenters. The van der Waals surface area contributed by atoms with E-state index in [0.29, 0.717) is 0 Å². The van der Waals surface area contributed by atoms with E-state index in [1.54, 1.807) is 0 Å². The number of aromatic nitrogens is 1. The molecule has 13 heavy (non-hydrogen) atoms. The number of rotatable bonds is 1. The van der Waals surface area contributed by atoms with Crippen molar-refractivity contribution in [2.24, 2.45) is 11.8 Å². The van der Waals surface area contributed by atoms with Crippen LogP contribution in [0.25, 0.3) is 5.57 Å². The van der Waals surface area contributed by atoms with Crippen LogP contribution in [-0.2, 0) is 0 Å². The second-order valence-electron chi connectivity index (χ2n) is 4.11. The standard InChI is InChI=1S/C12H13N/c1-2-6-13-12(3-1)11-8-9-4-5-10(11)7-9/h1-3,6,8-10H,4-5,7H2. The molecule has 0 spiro atoms. The van der Waals surface area contributed by atoms with Gasteiger partial charge in [0.15, 0.2) is 0 Å². The smallest absolute Gasteiger partial charge is 0.0661 e. The zero-order valence-electron chi connectivity index (χ0n) is 7.61. The van der Waals surface area contributed by atoms with Crippen LogP contribution in [0, 0.1) is 11.8 Å². The number of hydrogen-bond acceptors (Lipinski definition) is 1. The molecule has 1 heteroatoms. The summed E-state index contributed by atoms with van der Waals surface area (Å²) in [5.41, 5.74) is 2.71. The molecular weight excluding hydrogens is 158 g/mol. The molecule has 66 valence electrons. The molecule has 2 unspecified atom stereocenters. The van der Waals surface area contributed by atoms with Crippen molar-refractivity contribution in [2.75, 3.05) is 0 Å². The number of pyridine rings is 1. The molecule has 0 saturated heterocycles. The predicted molar refractivity (Wildman–Crippen MR) is 53.0 cm³/mol. The SMILES string of the molecule is C1=C(c2ccccn2)C2CCC1C2. The van der Waals surface area contributed by atoms with Crippen molar-refractivity contribution in [3.63, 3.8) is 0 Å². The fourth-order valence-corrected chi connectivity index (χ4v) is 2.67. The second kappa shape index (κ2) is 2.69. The van der Waals surface area contributed by atoms with E-state index < -0.39 is 0 Å². The van der Waals surface area contributed by atoms with E-state index in [1.165, 1.54) is 30.5 Å². The molecule has 3 rings (SSSR count). The quantitative estimate of drug-likeness (QED) is 0.633. The molecule has 1 aromatic heterocycles. The molecule has 1 fully saturated rings. The average molecular weight is 171 g/mol. The number of nitrogens with zero attached hydrogens (tertiary/aromatic N) is 1. The van der Waals surface area contributed by atoms with Gasteiger partial charge in [-0.05, 0) is 48.8 Å². The summed E-state index contributed by atoms with van der Waals surface area (Å²) < 4.78 is 0. The summed E-state index contributed by atoms with van der Waals surface area (Å²) in [6.45, 7) is 0. The van der Waals surface area contributed by atoms with Crippen molar-refractivity contribution in [2.45, 2.75) is 19.3 Å². The first-order valence-corrected chi connectivity index (χ1v) is 5.06. The normalized spacial score (nSPS) is 30.6. The van der Waals surface area contributed by atoms with Gasteiger partial charge in [0.05, 0.1) is 5.69 Å². The van der Waals surface area contributed by atoms with Crippen LogP contribution in [0.15, 0.2) is 30.5 Å². The maximum absolute atomic E-state index is 4.41. The Hall–Kier alpha value is -1.11. The van der Waals surface area contributed by atoms with Gasteiger partial charge >= 0.3 is 0 Å². The Balaban J connectivity index is 1.99. The lowest BCUT2D eigenvalue weighted by Gasteiger charge is -2.11. The summed E-state index contributed by atoms with van der Waals surface area (Å²) in [6, 6.07) is 6.19. The fourth-order valence-electron chi connectivity index (χ4n) is 2.67. The molecule has 0 N–H and O–H groups in total. The van der Waals surface area contributed by atoms with Crippen LogP contribution in [0.3, 0.4) is 0 Å². The maximum atomic E-state index is 4.41. The second-order valence-corrected chi connectivity index (χ2v) is 4.11. The minimum atomic E-state index is 0.819. The van der Waals surface area contributed by atoms with Gasteiger partial charge in [0.25, 0.3) is 0 Å². The van der Waals surface area contributed by atoms with Gasteiger partial charge in [-0.15, -0.1) is 0 Å². The summed E-state index contributed by atoms with van der Waals surface area (Å²) in [4.78, 5) is 4.41. The van der Waals surface area contributed by atoms with Crippen LogP contribution in [0.4, 0.5) is 0 Å². The lowest BCUT2D eigenvalue weighted by Crippen LogP contribution is -1.98. The van der Waals surface area contributed by atoms with Gasteiger partial charge in [0.1, 0.15) is 0 Å². The van der Waals surface area contributed by atoms with Gasteiger partial charge in [0.2, 0.25) is 0 Å². The summed E-state index contributed by atoms with van der Waals surface area (Å²) >= 11 is 0. The predicted octanol–water partition coefficient (Wildman–Crippen LogP) is 2.89. The van der Waals surface area contributed by atoms with Crippen LogP contribution in [-0.4, -0.2) is 4.98 Å². The highest BCUT2D eigenvalue weighted by molar-refractivity contribution is 5.67. The summed E-state index contributed by atoms with van der Waals surface area (Å²) in [5.74, 6) is 1.68. The molecule has 1 heterocycles. The van der Waals surface area contributed by atoms with E-state index >= 15 is 0 Å². The van der Waals surface area contributed by atoms with Crippen molar-refractivity contribution in [1.29, 1.82) is 0 Å². The van der Waals surface area contributed by atoms with Crippen molar-refractivity contribution >= 4 is 5.57 Å². The molecule has 0 aromatic carbocycles. The monoisotopic (exact) mass is 171 g/mol. The van der Waals surface area contributed by atoms with Crippen molar-refractivity contribution in [3.8, 4) is 0 Å². The summed E-state index contributed by atoms with van der Waals surface area (Å²) in [6.07, 6.45) is 8.50. The maximum Gasteiger partial charge on any atom is 0.0661 e. The molecule has 0 aliphatic heterocycles. The van der Waals surface area contributed by atoms with Crippen LogP contribution in [0.1, 0.15) is 25.0 Å². The Morgan fingerprint density at radius 3 is 2.85 bits per heavy atom. The topological polar surface area (TPSA) is 12.9 Å². The largest absolute Gasteiger partial charge is 0.257 e. The van der Waals surface area contributed by atoms with Crippen LogP contribution in [0.2, 0.25) is 0 Å². The number of allylic oxidation sites excluding steroid dienone is 2. The molecule has 1 nitrogen and oxygen atoms in total. The minimum Gasteiger partial charge on any atom is -0.257 e. The Morgan fingerprint density at radius 2 is 2.23 bits per heavy atom. The van der Waals surface area contributed by atoms with Crippen molar-refractivity contribution in [1.82, 2.24) is 4.98 Å². The molecule has 2 bridgehead atoms. The van der Waals surface area contributed by atoms with Crippen LogP contribution < -0.4 is 0 Å². The Kier molecular flexibility index (Phi) is 1.51. The van der Waals surface area contributed by atoms with E-state index in [0.717, 1.165) is 11.8 Å². The van der Waals surface area contributed by atoms with Crippen molar-refractivity contribution < 1.29 is 0 Å². The molecule has 0 amide bonds. The van der Waals surface area contributed by atoms with E-state index in [1.807, 2.05) is 12.3 Å². The van der Waals surface area contributed by atoms with Gasteiger partial charge in [-0.3, -0.25) is 4.98 Å². The first-order chi connectivity index (χ1) is 6.43. The first kappa shape index (κ1) is 7.31. The Labute approximate surface area is 78.5 Å². The summed E-state index contributed by atoms with van der Waals surface area (Å²) in [5, 5.41) is 0. The van der Waals surface area contributed by atoms with Crippen LogP contribution >= 0.6 is 0 Å². The van der Waals surface area contributed by atoms with Gasteiger partial charge < -0.3 is 0 Å². The third-order valence-corrected chi connectivity index (χ3v) is 3.29. The van der Waals surface area contributed by atoms with E-state index in [4.69, 9.17) is 0 Å².